The molecule has 0 radical (unpaired) electrons. The maximum atomic E-state index is 12.5. The van der Waals surface area contributed by atoms with Crippen LogP contribution in [0.2, 0.25) is 10.0 Å². The van der Waals surface area contributed by atoms with Crippen molar-refractivity contribution in [2.75, 3.05) is 5.32 Å². The van der Waals surface area contributed by atoms with Gasteiger partial charge in [-0.15, -0.1) is 5.10 Å². The normalized spacial score (nSPS) is 10.7. The monoisotopic (exact) mass is 374 g/mol. The van der Waals surface area contributed by atoms with Crippen LogP contribution >= 0.6 is 23.2 Å². The summed E-state index contributed by atoms with van der Waals surface area (Å²) in [6, 6.07) is 12.7. The molecule has 0 fully saturated rings. The molecule has 2 aromatic carbocycles. The van der Waals surface area contributed by atoms with Gasteiger partial charge in [0.15, 0.2) is 0 Å². The van der Waals surface area contributed by atoms with Crippen molar-refractivity contribution >= 4 is 34.8 Å². The number of aromatic nitrogens is 3. The molecule has 5 nitrogen and oxygen atoms in total. The van der Waals surface area contributed by atoms with Crippen LogP contribution in [0, 0.1) is 6.92 Å². The second-order valence-corrected chi connectivity index (χ2v) is 6.27. The van der Waals surface area contributed by atoms with E-state index in [-0.39, 0.29) is 11.7 Å². The van der Waals surface area contributed by atoms with Gasteiger partial charge in [0.1, 0.15) is 11.5 Å². The molecule has 25 heavy (non-hydrogen) atoms. The maximum Gasteiger partial charge on any atom is 0.295 e. The van der Waals surface area contributed by atoms with Crippen molar-refractivity contribution in [1.29, 1.82) is 0 Å². The zero-order valence-electron chi connectivity index (χ0n) is 13.8. The average molecular weight is 375 g/mol. The standard InChI is InChI=1S/C18H16Cl2N4O/c1-3-15-22-17(18(25)21-14-10-5-4-7-11(14)2)23-24(15)16-12(19)8-6-9-13(16)20/h4-10H,3H2,1-2H3,(H,21,25). The quantitative estimate of drug-likeness (QED) is 0.719. The number of aryl methyl sites for hydroxylation is 2. The van der Waals surface area contributed by atoms with Crippen LogP contribution in [-0.4, -0.2) is 20.7 Å². The van der Waals surface area contributed by atoms with Gasteiger partial charge in [0.05, 0.1) is 10.0 Å². The van der Waals surface area contributed by atoms with Gasteiger partial charge in [0, 0.05) is 12.1 Å². The number of anilines is 1. The fourth-order valence-electron chi connectivity index (χ4n) is 2.43. The van der Waals surface area contributed by atoms with Crippen molar-refractivity contribution in [1.82, 2.24) is 14.8 Å². The second kappa shape index (κ2) is 7.25. The van der Waals surface area contributed by atoms with Gasteiger partial charge in [-0.2, -0.15) is 0 Å². The van der Waals surface area contributed by atoms with Crippen molar-refractivity contribution in [2.24, 2.45) is 0 Å². The summed E-state index contributed by atoms with van der Waals surface area (Å²) in [6.07, 6.45) is 0.576. The van der Waals surface area contributed by atoms with E-state index in [9.17, 15) is 4.79 Å². The Morgan fingerprint density at radius 3 is 2.44 bits per heavy atom. The molecular formula is C18H16Cl2N4O. The minimum absolute atomic E-state index is 0.0658. The zero-order chi connectivity index (χ0) is 18.0. The van der Waals surface area contributed by atoms with Crippen molar-refractivity contribution in [3.8, 4) is 5.69 Å². The molecule has 0 saturated carbocycles. The Morgan fingerprint density at radius 1 is 1.12 bits per heavy atom. The summed E-state index contributed by atoms with van der Waals surface area (Å²) in [4.78, 5) is 16.9. The minimum Gasteiger partial charge on any atom is -0.319 e. The molecule has 3 aromatic rings. The van der Waals surface area contributed by atoms with Gasteiger partial charge in [0.2, 0.25) is 5.82 Å². The summed E-state index contributed by atoms with van der Waals surface area (Å²) < 4.78 is 1.53. The van der Waals surface area contributed by atoms with E-state index in [0.29, 0.717) is 28.0 Å². The zero-order valence-corrected chi connectivity index (χ0v) is 15.3. The van der Waals surface area contributed by atoms with Gasteiger partial charge in [-0.1, -0.05) is 54.4 Å². The summed E-state index contributed by atoms with van der Waals surface area (Å²) in [5, 5.41) is 8.04. The lowest BCUT2D eigenvalue weighted by Crippen LogP contribution is -2.15. The smallest absolute Gasteiger partial charge is 0.295 e. The van der Waals surface area contributed by atoms with Crippen molar-refractivity contribution in [3.05, 3.63) is 69.7 Å². The Balaban J connectivity index is 1.98. The highest BCUT2D eigenvalue weighted by atomic mass is 35.5. The third-order valence-corrected chi connectivity index (χ3v) is 4.35. The van der Waals surface area contributed by atoms with Crippen LogP contribution in [0.1, 0.15) is 28.9 Å². The molecule has 1 heterocycles. The molecule has 1 amide bonds. The summed E-state index contributed by atoms with van der Waals surface area (Å²) in [6.45, 7) is 3.84. The van der Waals surface area contributed by atoms with Crippen LogP contribution in [-0.2, 0) is 6.42 Å². The number of carbonyl (C=O) groups excluding carboxylic acids is 1. The molecule has 7 heteroatoms. The molecule has 3 rings (SSSR count). The van der Waals surface area contributed by atoms with Gasteiger partial charge >= 0.3 is 0 Å². The number of para-hydroxylation sites is 2. The molecule has 1 N–H and O–H groups in total. The van der Waals surface area contributed by atoms with E-state index < -0.39 is 0 Å². The number of nitrogens with zero attached hydrogens (tertiary/aromatic N) is 3. The lowest BCUT2D eigenvalue weighted by molar-refractivity contribution is 0.101. The fraction of sp³-hybridized carbons (Fsp3) is 0.167. The SMILES string of the molecule is CCc1nc(C(=O)Nc2ccccc2C)nn1-c1c(Cl)cccc1Cl. The van der Waals surface area contributed by atoms with E-state index in [0.717, 1.165) is 11.3 Å². The van der Waals surface area contributed by atoms with Gasteiger partial charge < -0.3 is 5.32 Å². The van der Waals surface area contributed by atoms with Crippen LogP contribution in [0.25, 0.3) is 5.69 Å². The molecule has 0 aliphatic rings. The van der Waals surface area contributed by atoms with Gasteiger partial charge in [-0.05, 0) is 30.7 Å². The molecule has 0 atom stereocenters. The third kappa shape index (κ3) is 3.52. The Labute approximate surface area is 155 Å². The highest BCUT2D eigenvalue weighted by Crippen LogP contribution is 2.28. The first-order valence-corrected chi connectivity index (χ1v) is 8.54. The van der Waals surface area contributed by atoms with E-state index in [1.807, 2.05) is 38.1 Å². The van der Waals surface area contributed by atoms with E-state index in [4.69, 9.17) is 23.2 Å². The lowest BCUT2D eigenvalue weighted by Gasteiger charge is -2.08. The minimum atomic E-state index is -0.383. The Hall–Kier alpha value is -2.37. The Bertz CT molecular complexity index is 916. The average Bonchev–Trinajstić information content (AvgIpc) is 3.01. The summed E-state index contributed by atoms with van der Waals surface area (Å²) >= 11 is 12.5. The Morgan fingerprint density at radius 2 is 1.80 bits per heavy atom. The number of carbonyl (C=O) groups is 1. The fourth-order valence-corrected chi connectivity index (χ4v) is 2.99. The first kappa shape index (κ1) is 17.5. The number of amides is 1. The maximum absolute atomic E-state index is 12.5. The largest absolute Gasteiger partial charge is 0.319 e. The summed E-state index contributed by atoms with van der Waals surface area (Å²) in [5.74, 6) is 0.284. The Kier molecular flexibility index (Phi) is 5.06. The van der Waals surface area contributed by atoms with Gasteiger partial charge in [0.25, 0.3) is 5.91 Å². The van der Waals surface area contributed by atoms with Crippen molar-refractivity contribution < 1.29 is 4.79 Å². The summed E-state index contributed by atoms with van der Waals surface area (Å²) in [5.41, 5.74) is 2.20. The lowest BCUT2D eigenvalue weighted by atomic mass is 10.2. The number of hydrogen-bond acceptors (Lipinski definition) is 3. The number of rotatable bonds is 4. The number of hydrogen-bond donors (Lipinski definition) is 1. The molecule has 0 spiro atoms. The topological polar surface area (TPSA) is 59.8 Å². The van der Waals surface area contributed by atoms with Crippen LogP contribution in [0.5, 0.6) is 0 Å². The number of halogens is 2. The molecule has 0 bridgehead atoms. The number of nitrogens with one attached hydrogen (secondary N) is 1. The molecule has 1 aromatic heterocycles. The van der Waals surface area contributed by atoms with E-state index in [1.165, 1.54) is 4.68 Å². The van der Waals surface area contributed by atoms with Gasteiger partial charge in [-0.3, -0.25) is 4.79 Å². The highest BCUT2D eigenvalue weighted by Gasteiger charge is 2.20. The molecule has 0 aliphatic carbocycles. The third-order valence-electron chi connectivity index (χ3n) is 3.74. The first-order chi connectivity index (χ1) is 12.0. The summed E-state index contributed by atoms with van der Waals surface area (Å²) in [7, 11) is 0. The number of benzene rings is 2. The second-order valence-electron chi connectivity index (χ2n) is 5.46. The molecule has 0 unspecified atom stereocenters. The molecule has 0 aliphatic heterocycles. The first-order valence-electron chi connectivity index (χ1n) is 7.78. The predicted octanol–water partition coefficient (Wildman–Crippen LogP) is 4.70. The van der Waals surface area contributed by atoms with Crippen LogP contribution in [0.15, 0.2) is 42.5 Å². The van der Waals surface area contributed by atoms with Crippen LogP contribution in [0.3, 0.4) is 0 Å². The van der Waals surface area contributed by atoms with Gasteiger partial charge in [-0.25, -0.2) is 9.67 Å². The van der Waals surface area contributed by atoms with E-state index in [2.05, 4.69) is 15.4 Å². The van der Waals surface area contributed by atoms with Crippen molar-refractivity contribution in [3.63, 3.8) is 0 Å². The predicted molar refractivity (Wildman–Crippen MR) is 99.9 cm³/mol. The highest BCUT2D eigenvalue weighted by molar-refractivity contribution is 6.37. The van der Waals surface area contributed by atoms with E-state index in [1.54, 1.807) is 18.2 Å². The van der Waals surface area contributed by atoms with Crippen LogP contribution in [0.4, 0.5) is 5.69 Å². The molecule has 128 valence electrons. The van der Waals surface area contributed by atoms with Crippen molar-refractivity contribution in [2.45, 2.75) is 20.3 Å². The molecular weight excluding hydrogens is 359 g/mol. The van der Waals surface area contributed by atoms with E-state index >= 15 is 0 Å². The molecule has 0 saturated heterocycles. The van der Waals surface area contributed by atoms with Crippen LogP contribution < -0.4 is 5.32 Å².